The number of hydrogen-bond acceptors (Lipinski definition) is 3. The minimum Gasteiger partial charge on any atom is -0.469 e. The van der Waals surface area contributed by atoms with Crippen LogP contribution in [0.25, 0.3) is 11.3 Å². The van der Waals surface area contributed by atoms with Crippen molar-refractivity contribution in [3.05, 3.63) is 42.1 Å². The zero-order valence-electron chi connectivity index (χ0n) is 9.64. The lowest BCUT2D eigenvalue weighted by Gasteiger charge is -2.03. The summed E-state index contributed by atoms with van der Waals surface area (Å²) in [4.78, 5) is 11.1. The third-order valence-corrected chi connectivity index (χ3v) is 2.57. The van der Waals surface area contributed by atoms with Gasteiger partial charge in [-0.05, 0) is 24.1 Å². The van der Waals surface area contributed by atoms with Gasteiger partial charge in [0.05, 0.1) is 12.8 Å². The Kier molecular flexibility index (Phi) is 3.55. The maximum atomic E-state index is 11.1. The molecule has 4 nitrogen and oxygen atoms in total. The van der Waals surface area contributed by atoms with Crippen molar-refractivity contribution in [1.29, 1.82) is 0 Å². The minimum atomic E-state index is -0.185. The molecule has 17 heavy (non-hydrogen) atoms. The van der Waals surface area contributed by atoms with Crippen molar-refractivity contribution in [3.8, 4) is 11.3 Å². The highest BCUT2D eigenvalue weighted by Crippen LogP contribution is 2.18. The topological polar surface area (TPSA) is 55.0 Å². The van der Waals surface area contributed by atoms with E-state index in [1.807, 2.05) is 30.3 Å². The lowest BCUT2D eigenvalue weighted by molar-refractivity contribution is -0.140. The van der Waals surface area contributed by atoms with Crippen molar-refractivity contribution in [2.45, 2.75) is 12.8 Å². The highest BCUT2D eigenvalue weighted by Gasteiger charge is 2.04. The van der Waals surface area contributed by atoms with Gasteiger partial charge in [0.2, 0.25) is 0 Å². The van der Waals surface area contributed by atoms with E-state index in [0.29, 0.717) is 12.8 Å². The number of carbonyl (C=O) groups is 1. The van der Waals surface area contributed by atoms with Gasteiger partial charge < -0.3 is 4.74 Å². The van der Waals surface area contributed by atoms with Crippen molar-refractivity contribution in [2.24, 2.45) is 0 Å². The predicted octanol–water partition coefficient (Wildman–Crippen LogP) is 2.18. The molecule has 0 fully saturated rings. The average molecular weight is 230 g/mol. The number of hydrogen-bond donors (Lipinski definition) is 1. The first-order chi connectivity index (χ1) is 8.29. The average Bonchev–Trinajstić information content (AvgIpc) is 2.90. The van der Waals surface area contributed by atoms with Gasteiger partial charge in [-0.25, -0.2) is 0 Å². The molecule has 2 rings (SSSR count). The van der Waals surface area contributed by atoms with Crippen LogP contribution in [0.3, 0.4) is 0 Å². The lowest BCUT2D eigenvalue weighted by atomic mass is 10.0. The molecular formula is C13H14N2O2. The van der Waals surface area contributed by atoms with Crippen LogP contribution in [0.4, 0.5) is 0 Å². The van der Waals surface area contributed by atoms with Gasteiger partial charge in [0.15, 0.2) is 0 Å². The van der Waals surface area contributed by atoms with Gasteiger partial charge in [0.1, 0.15) is 0 Å². The molecule has 0 spiro atoms. The molecule has 1 heterocycles. The molecule has 0 radical (unpaired) electrons. The number of H-pyrrole nitrogens is 1. The van der Waals surface area contributed by atoms with Gasteiger partial charge in [0.25, 0.3) is 0 Å². The van der Waals surface area contributed by atoms with Gasteiger partial charge in [0, 0.05) is 18.2 Å². The van der Waals surface area contributed by atoms with Crippen molar-refractivity contribution in [2.75, 3.05) is 7.11 Å². The first-order valence-corrected chi connectivity index (χ1v) is 5.45. The third kappa shape index (κ3) is 2.93. The van der Waals surface area contributed by atoms with E-state index in [-0.39, 0.29) is 5.97 Å². The Balaban J connectivity index is 2.09. The molecule has 0 aliphatic carbocycles. The second-order valence-corrected chi connectivity index (χ2v) is 3.74. The third-order valence-electron chi connectivity index (χ3n) is 2.57. The van der Waals surface area contributed by atoms with Crippen molar-refractivity contribution >= 4 is 5.97 Å². The molecule has 2 aromatic rings. The lowest BCUT2D eigenvalue weighted by Crippen LogP contribution is -2.01. The van der Waals surface area contributed by atoms with Crippen LogP contribution >= 0.6 is 0 Å². The summed E-state index contributed by atoms with van der Waals surface area (Å²) in [6.07, 6.45) is 2.88. The Hall–Kier alpha value is -2.10. The molecule has 1 aromatic carbocycles. The molecule has 0 aliphatic rings. The first-order valence-electron chi connectivity index (χ1n) is 5.45. The Bertz CT molecular complexity index is 492. The number of aromatic nitrogens is 2. The summed E-state index contributed by atoms with van der Waals surface area (Å²) in [5.74, 6) is -0.185. The Morgan fingerprint density at radius 3 is 3.00 bits per heavy atom. The van der Waals surface area contributed by atoms with Gasteiger partial charge in [-0.15, -0.1) is 0 Å². The summed E-state index contributed by atoms with van der Waals surface area (Å²) in [6.45, 7) is 0. The van der Waals surface area contributed by atoms with Crippen LogP contribution in [0, 0.1) is 0 Å². The molecule has 0 amide bonds. The second-order valence-electron chi connectivity index (χ2n) is 3.74. The van der Waals surface area contributed by atoms with E-state index < -0.39 is 0 Å². The fourth-order valence-electron chi connectivity index (χ4n) is 1.66. The number of nitrogens with one attached hydrogen (secondary N) is 1. The maximum Gasteiger partial charge on any atom is 0.305 e. The fourth-order valence-corrected chi connectivity index (χ4v) is 1.66. The smallest absolute Gasteiger partial charge is 0.305 e. The zero-order chi connectivity index (χ0) is 12.1. The summed E-state index contributed by atoms with van der Waals surface area (Å²) in [7, 11) is 1.41. The van der Waals surface area contributed by atoms with Crippen LogP contribution < -0.4 is 0 Å². The van der Waals surface area contributed by atoms with E-state index in [1.54, 1.807) is 6.20 Å². The number of rotatable bonds is 4. The monoisotopic (exact) mass is 230 g/mol. The summed E-state index contributed by atoms with van der Waals surface area (Å²) in [5, 5.41) is 6.91. The van der Waals surface area contributed by atoms with Gasteiger partial charge in [-0.2, -0.15) is 5.10 Å². The number of aromatic amines is 1. The number of esters is 1. The summed E-state index contributed by atoms with van der Waals surface area (Å²) in [5.41, 5.74) is 3.06. The molecule has 88 valence electrons. The molecule has 4 heteroatoms. The van der Waals surface area contributed by atoms with Crippen molar-refractivity contribution in [3.63, 3.8) is 0 Å². The fraction of sp³-hybridized carbons (Fsp3) is 0.231. The molecule has 1 aromatic heterocycles. The standard InChI is InChI=1S/C13H14N2O2/c1-17-13(16)6-5-10-3-2-4-11(9-10)12-7-8-14-15-12/h2-4,7-9H,5-6H2,1H3,(H,14,15). The Labute approximate surface area is 99.6 Å². The SMILES string of the molecule is COC(=O)CCc1cccc(-c2cc[nH]n2)c1. The Morgan fingerprint density at radius 2 is 2.29 bits per heavy atom. The van der Waals surface area contributed by atoms with Crippen LogP contribution in [-0.2, 0) is 16.0 Å². The summed E-state index contributed by atoms with van der Waals surface area (Å²) in [6, 6.07) is 9.92. The molecule has 0 unspecified atom stereocenters. The molecule has 0 bridgehead atoms. The number of aryl methyl sites for hydroxylation is 1. The van der Waals surface area contributed by atoms with E-state index in [9.17, 15) is 4.79 Å². The number of ether oxygens (including phenoxy) is 1. The van der Waals surface area contributed by atoms with E-state index in [1.165, 1.54) is 7.11 Å². The zero-order valence-corrected chi connectivity index (χ0v) is 9.64. The molecule has 0 aliphatic heterocycles. The van der Waals surface area contributed by atoms with E-state index in [4.69, 9.17) is 0 Å². The predicted molar refractivity (Wildman–Crippen MR) is 64.4 cm³/mol. The van der Waals surface area contributed by atoms with Crippen LogP contribution in [0.5, 0.6) is 0 Å². The number of benzene rings is 1. The quantitative estimate of drug-likeness (QED) is 0.819. The number of nitrogens with zero attached hydrogens (tertiary/aromatic N) is 1. The van der Waals surface area contributed by atoms with Gasteiger partial charge >= 0.3 is 5.97 Å². The molecular weight excluding hydrogens is 216 g/mol. The minimum absolute atomic E-state index is 0.185. The summed E-state index contributed by atoms with van der Waals surface area (Å²) < 4.78 is 4.62. The van der Waals surface area contributed by atoms with E-state index in [2.05, 4.69) is 14.9 Å². The largest absolute Gasteiger partial charge is 0.469 e. The van der Waals surface area contributed by atoms with Crippen molar-refractivity contribution in [1.82, 2.24) is 10.2 Å². The van der Waals surface area contributed by atoms with E-state index >= 15 is 0 Å². The maximum absolute atomic E-state index is 11.1. The molecule has 0 atom stereocenters. The summed E-state index contributed by atoms with van der Waals surface area (Å²) >= 11 is 0. The van der Waals surface area contributed by atoms with Gasteiger partial charge in [-0.3, -0.25) is 9.89 Å². The van der Waals surface area contributed by atoms with Crippen LogP contribution in [0.15, 0.2) is 36.5 Å². The van der Waals surface area contributed by atoms with E-state index in [0.717, 1.165) is 16.8 Å². The Morgan fingerprint density at radius 1 is 1.41 bits per heavy atom. The highest BCUT2D eigenvalue weighted by atomic mass is 16.5. The molecule has 0 saturated carbocycles. The van der Waals surface area contributed by atoms with Crippen LogP contribution in [0.2, 0.25) is 0 Å². The highest BCUT2D eigenvalue weighted by molar-refractivity contribution is 5.69. The van der Waals surface area contributed by atoms with Crippen LogP contribution in [0.1, 0.15) is 12.0 Å². The normalized spacial score (nSPS) is 10.2. The number of methoxy groups -OCH3 is 1. The van der Waals surface area contributed by atoms with Gasteiger partial charge in [-0.1, -0.05) is 18.2 Å². The molecule has 0 saturated heterocycles. The number of carbonyl (C=O) groups excluding carboxylic acids is 1. The molecule has 1 N–H and O–H groups in total. The first kappa shape index (κ1) is 11.4. The van der Waals surface area contributed by atoms with Crippen LogP contribution in [-0.4, -0.2) is 23.3 Å². The van der Waals surface area contributed by atoms with Crippen molar-refractivity contribution < 1.29 is 9.53 Å². The second kappa shape index (κ2) is 5.30.